The van der Waals surface area contributed by atoms with Crippen molar-refractivity contribution in [1.82, 2.24) is 5.32 Å². The van der Waals surface area contributed by atoms with Crippen LogP contribution in [0.2, 0.25) is 0 Å². The largest absolute Gasteiger partial charge is 0.473 e. The monoisotopic (exact) mass is 373 g/mol. The summed E-state index contributed by atoms with van der Waals surface area (Å²) in [5, 5.41) is 18.0. The Kier molecular flexibility index (Phi) is 24.9. The zero-order valence-corrected chi connectivity index (χ0v) is 17.2. The smallest absolute Gasteiger partial charge is 0.414 e. The molecule has 0 saturated heterocycles. The second kappa shape index (κ2) is 23.9. The van der Waals surface area contributed by atoms with Crippen molar-refractivity contribution in [1.29, 1.82) is 0 Å². The molecule has 0 heterocycles. The van der Waals surface area contributed by atoms with Crippen molar-refractivity contribution in [2.45, 2.75) is 110 Å². The van der Waals surface area contributed by atoms with Crippen LogP contribution < -0.4 is 5.32 Å². The lowest BCUT2D eigenvalue weighted by Crippen LogP contribution is -2.09. The van der Waals surface area contributed by atoms with Gasteiger partial charge in [0, 0.05) is 0 Å². The number of aliphatic carboxylic acids is 2. The van der Waals surface area contributed by atoms with E-state index in [1.165, 1.54) is 109 Å². The Balaban J connectivity index is 0. The minimum absolute atomic E-state index is 1.19. The molecule has 0 saturated carbocycles. The molecule has 0 rings (SSSR count). The van der Waals surface area contributed by atoms with E-state index in [0.717, 1.165) is 0 Å². The molecule has 26 heavy (non-hydrogen) atoms. The van der Waals surface area contributed by atoms with Crippen LogP contribution >= 0.6 is 0 Å². The SMILES string of the molecule is CCCCCCCCCCCCCCCCCCNC.O=C(O)C(=O)O. The topological polar surface area (TPSA) is 86.6 Å². The summed E-state index contributed by atoms with van der Waals surface area (Å²) in [6.07, 6.45) is 23.2. The number of nitrogens with one attached hydrogen (secondary N) is 1. The van der Waals surface area contributed by atoms with E-state index in [1.807, 2.05) is 7.05 Å². The van der Waals surface area contributed by atoms with E-state index >= 15 is 0 Å². The summed E-state index contributed by atoms with van der Waals surface area (Å²) in [5.41, 5.74) is 0. The highest BCUT2D eigenvalue weighted by Crippen LogP contribution is 2.13. The molecule has 0 spiro atoms. The van der Waals surface area contributed by atoms with E-state index < -0.39 is 11.9 Å². The van der Waals surface area contributed by atoms with Crippen molar-refractivity contribution in [3.8, 4) is 0 Å². The Hall–Kier alpha value is -1.10. The second-order valence-corrected chi connectivity index (χ2v) is 7.02. The number of unbranched alkanes of at least 4 members (excludes halogenated alkanes) is 15. The molecule has 3 N–H and O–H groups in total. The maximum atomic E-state index is 9.10. The molecule has 0 aromatic heterocycles. The molecule has 5 nitrogen and oxygen atoms in total. The molecule has 0 aliphatic carbocycles. The van der Waals surface area contributed by atoms with Crippen LogP contribution in [-0.4, -0.2) is 35.7 Å². The van der Waals surface area contributed by atoms with Gasteiger partial charge in [-0.05, 0) is 20.0 Å². The van der Waals surface area contributed by atoms with Crippen molar-refractivity contribution >= 4 is 11.9 Å². The molecule has 0 unspecified atom stereocenters. The fourth-order valence-electron chi connectivity index (χ4n) is 2.85. The molecule has 0 fully saturated rings. The van der Waals surface area contributed by atoms with Gasteiger partial charge in [-0.25, -0.2) is 9.59 Å². The Bertz CT molecular complexity index is 278. The van der Waals surface area contributed by atoms with E-state index in [9.17, 15) is 0 Å². The molecule has 5 heteroatoms. The molecular formula is C21H43NO4. The lowest BCUT2D eigenvalue weighted by atomic mass is 10.0. The summed E-state index contributed by atoms with van der Waals surface area (Å²) < 4.78 is 0. The zero-order valence-electron chi connectivity index (χ0n) is 17.2. The number of carbonyl (C=O) groups is 2. The minimum Gasteiger partial charge on any atom is -0.473 e. The number of carboxylic acids is 2. The molecule has 0 aromatic carbocycles. The standard InChI is InChI=1S/C19H41N.C2H2O4/c1-3-4-5-6-7-8-9-10-11-12-13-14-15-16-17-18-19-20-2;3-1(4)2(5)6/h20H,3-19H2,1-2H3;(H,3,4)(H,5,6). The van der Waals surface area contributed by atoms with Crippen LogP contribution in [0.3, 0.4) is 0 Å². The third-order valence-corrected chi connectivity index (χ3v) is 4.46. The van der Waals surface area contributed by atoms with Crippen molar-refractivity contribution < 1.29 is 19.8 Å². The van der Waals surface area contributed by atoms with Gasteiger partial charge in [-0.3, -0.25) is 0 Å². The van der Waals surface area contributed by atoms with Crippen LogP contribution in [0.5, 0.6) is 0 Å². The average Bonchev–Trinajstić information content (AvgIpc) is 2.62. The van der Waals surface area contributed by atoms with Gasteiger partial charge in [0.15, 0.2) is 0 Å². The molecule has 0 aromatic rings. The second-order valence-electron chi connectivity index (χ2n) is 7.02. The van der Waals surface area contributed by atoms with Crippen LogP contribution in [0.1, 0.15) is 110 Å². The van der Waals surface area contributed by atoms with Gasteiger partial charge in [-0.2, -0.15) is 0 Å². The summed E-state index contributed by atoms with van der Waals surface area (Å²) >= 11 is 0. The normalized spacial score (nSPS) is 10.2. The molecule has 156 valence electrons. The predicted molar refractivity (Wildman–Crippen MR) is 109 cm³/mol. The van der Waals surface area contributed by atoms with E-state index in [1.54, 1.807) is 0 Å². The van der Waals surface area contributed by atoms with Crippen molar-refractivity contribution in [2.75, 3.05) is 13.6 Å². The number of hydrogen-bond donors (Lipinski definition) is 3. The lowest BCUT2D eigenvalue weighted by Gasteiger charge is -2.03. The Morgan fingerprint density at radius 3 is 1.08 bits per heavy atom. The maximum Gasteiger partial charge on any atom is 0.414 e. The van der Waals surface area contributed by atoms with E-state index in [2.05, 4.69) is 12.2 Å². The average molecular weight is 374 g/mol. The summed E-state index contributed by atoms with van der Waals surface area (Å²) in [6.45, 7) is 3.49. The zero-order chi connectivity index (χ0) is 19.9. The first kappa shape index (κ1) is 27.1. The molecule has 0 amide bonds. The number of carboxylic acid groups (broad SMARTS) is 2. The van der Waals surface area contributed by atoms with Gasteiger partial charge in [0.2, 0.25) is 0 Å². The molecule has 0 aliphatic rings. The van der Waals surface area contributed by atoms with E-state index in [4.69, 9.17) is 19.8 Å². The molecule has 0 bridgehead atoms. The lowest BCUT2D eigenvalue weighted by molar-refractivity contribution is -0.159. The van der Waals surface area contributed by atoms with E-state index in [0.29, 0.717) is 0 Å². The molecular weight excluding hydrogens is 330 g/mol. The van der Waals surface area contributed by atoms with Crippen molar-refractivity contribution in [2.24, 2.45) is 0 Å². The van der Waals surface area contributed by atoms with Gasteiger partial charge < -0.3 is 15.5 Å². The molecule has 0 aliphatic heterocycles. The Morgan fingerprint density at radius 2 is 0.846 bits per heavy atom. The third-order valence-electron chi connectivity index (χ3n) is 4.46. The van der Waals surface area contributed by atoms with Gasteiger partial charge in [0.25, 0.3) is 0 Å². The fourth-order valence-corrected chi connectivity index (χ4v) is 2.85. The predicted octanol–water partition coefficient (Wildman–Crippen LogP) is 5.62. The Labute approximate surface area is 161 Å². The first-order chi connectivity index (χ1) is 12.6. The van der Waals surface area contributed by atoms with Crippen LogP contribution in [0.4, 0.5) is 0 Å². The number of hydrogen-bond acceptors (Lipinski definition) is 3. The fraction of sp³-hybridized carbons (Fsp3) is 0.905. The first-order valence-electron chi connectivity index (χ1n) is 10.7. The summed E-state index contributed by atoms with van der Waals surface area (Å²) in [7, 11) is 2.05. The molecule has 0 atom stereocenters. The number of rotatable bonds is 17. The van der Waals surface area contributed by atoms with Gasteiger partial charge >= 0.3 is 11.9 Å². The van der Waals surface area contributed by atoms with Crippen LogP contribution in [-0.2, 0) is 9.59 Å². The van der Waals surface area contributed by atoms with Gasteiger partial charge in [-0.1, -0.05) is 103 Å². The maximum absolute atomic E-state index is 9.10. The third kappa shape index (κ3) is 27.7. The highest BCUT2D eigenvalue weighted by molar-refractivity contribution is 6.27. The van der Waals surface area contributed by atoms with Crippen LogP contribution in [0.25, 0.3) is 0 Å². The summed E-state index contributed by atoms with van der Waals surface area (Å²) in [5.74, 6) is -3.65. The summed E-state index contributed by atoms with van der Waals surface area (Å²) in [4.78, 5) is 18.2. The van der Waals surface area contributed by atoms with E-state index in [-0.39, 0.29) is 0 Å². The van der Waals surface area contributed by atoms with Gasteiger partial charge in [0.05, 0.1) is 0 Å². The minimum atomic E-state index is -1.82. The van der Waals surface area contributed by atoms with Gasteiger partial charge in [-0.15, -0.1) is 0 Å². The van der Waals surface area contributed by atoms with Crippen molar-refractivity contribution in [3.63, 3.8) is 0 Å². The molecule has 0 radical (unpaired) electrons. The Morgan fingerprint density at radius 1 is 0.577 bits per heavy atom. The summed E-state index contributed by atoms with van der Waals surface area (Å²) in [6, 6.07) is 0. The highest BCUT2D eigenvalue weighted by Gasteiger charge is 2.04. The van der Waals surface area contributed by atoms with Crippen molar-refractivity contribution in [3.05, 3.63) is 0 Å². The van der Waals surface area contributed by atoms with Crippen LogP contribution in [0.15, 0.2) is 0 Å². The quantitative estimate of drug-likeness (QED) is 0.227. The van der Waals surface area contributed by atoms with Gasteiger partial charge in [0.1, 0.15) is 0 Å². The van der Waals surface area contributed by atoms with Crippen LogP contribution in [0, 0.1) is 0 Å². The highest BCUT2D eigenvalue weighted by atomic mass is 16.4. The first-order valence-corrected chi connectivity index (χ1v) is 10.7.